The van der Waals surface area contributed by atoms with Crippen LogP contribution in [0.4, 0.5) is 0 Å². The average molecular weight is 250 g/mol. The molecule has 1 atom stereocenters. The first-order valence-corrected chi connectivity index (χ1v) is 6.03. The summed E-state index contributed by atoms with van der Waals surface area (Å²) in [5.74, 6) is 0.346. The van der Waals surface area contributed by atoms with Crippen molar-refractivity contribution in [1.29, 1.82) is 0 Å². The van der Waals surface area contributed by atoms with E-state index in [2.05, 4.69) is 5.32 Å². The predicted molar refractivity (Wildman–Crippen MR) is 67.7 cm³/mol. The minimum absolute atomic E-state index is 0.00157. The Morgan fingerprint density at radius 1 is 1.61 bits per heavy atom. The van der Waals surface area contributed by atoms with Gasteiger partial charge < -0.3 is 20.9 Å². The van der Waals surface area contributed by atoms with Crippen molar-refractivity contribution >= 4 is 5.91 Å². The molecule has 0 bridgehead atoms. The SMILES string of the molecule is COc1cccc(C(=O)NCC(N)C2CC2)c1O. The van der Waals surface area contributed by atoms with Gasteiger partial charge in [-0.3, -0.25) is 4.79 Å². The minimum atomic E-state index is -0.331. The van der Waals surface area contributed by atoms with Gasteiger partial charge in [-0.25, -0.2) is 0 Å². The number of nitrogens with one attached hydrogen (secondary N) is 1. The van der Waals surface area contributed by atoms with E-state index in [0.29, 0.717) is 12.5 Å². The molecule has 0 aromatic heterocycles. The second kappa shape index (κ2) is 5.27. The zero-order chi connectivity index (χ0) is 13.1. The van der Waals surface area contributed by atoms with Crippen LogP contribution in [0, 0.1) is 5.92 Å². The molecule has 2 rings (SSSR count). The van der Waals surface area contributed by atoms with E-state index in [9.17, 15) is 9.90 Å². The first kappa shape index (κ1) is 12.7. The molecule has 5 heteroatoms. The number of para-hydroxylation sites is 1. The molecule has 1 fully saturated rings. The number of amides is 1. The Balaban J connectivity index is 1.99. The van der Waals surface area contributed by atoms with Crippen LogP contribution < -0.4 is 15.8 Å². The normalized spacial score (nSPS) is 16.1. The molecular weight excluding hydrogens is 232 g/mol. The van der Waals surface area contributed by atoms with Crippen LogP contribution in [0.2, 0.25) is 0 Å². The van der Waals surface area contributed by atoms with Gasteiger partial charge in [0.05, 0.1) is 12.7 Å². The fourth-order valence-electron chi connectivity index (χ4n) is 1.87. The number of phenols is 1. The molecule has 1 aromatic carbocycles. The molecule has 0 saturated heterocycles. The van der Waals surface area contributed by atoms with Crippen LogP contribution >= 0.6 is 0 Å². The van der Waals surface area contributed by atoms with Crippen molar-refractivity contribution < 1.29 is 14.6 Å². The van der Waals surface area contributed by atoms with E-state index in [0.717, 1.165) is 12.8 Å². The highest BCUT2D eigenvalue weighted by molar-refractivity contribution is 5.97. The number of ether oxygens (including phenoxy) is 1. The van der Waals surface area contributed by atoms with Crippen LogP contribution in [0.1, 0.15) is 23.2 Å². The lowest BCUT2D eigenvalue weighted by Gasteiger charge is -2.13. The number of aromatic hydroxyl groups is 1. The molecule has 1 saturated carbocycles. The van der Waals surface area contributed by atoms with Crippen LogP contribution in [0.3, 0.4) is 0 Å². The van der Waals surface area contributed by atoms with Crippen LogP contribution in [0.15, 0.2) is 18.2 Å². The summed E-state index contributed by atoms with van der Waals surface area (Å²) in [5.41, 5.74) is 6.10. The third kappa shape index (κ3) is 2.73. The molecule has 1 aliphatic carbocycles. The van der Waals surface area contributed by atoms with Gasteiger partial charge in [-0.15, -0.1) is 0 Å². The molecular formula is C13H18N2O3. The summed E-state index contributed by atoms with van der Waals surface area (Å²) in [5, 5.41) is 12.6. The first-order valence-electron chi connectivity index (χ1n) is 6.03. The molecule has 1 unspecified atom stereocenters. The van der Waals surface area contributed by atoms with Gasteiger partial charge in [0.15, 0.2) is 11.5 Å². The number of phenolic OH excluding ortho intramolecular Hbond substituents is 1. The lowest BCUT2D eigenvalue weighted by Crippen LogP contribution is -2.38. The largest absolute Gasteiger partial charge is 0.504 e. The van der Waals surface area contributed by atoms with Crippen LogP contribution in [0.5, 0.6) is 11.5 Å². The van der Waals surface area contributed by atoms with Crippen LogP contribution in [0.25, 0.3) is 0 Å². The number of hydrogen-bond donors (Lipinski definition) is 3. The number of hydrogen-bond acceptors (Lipinski definition) is 4. The Kier molecular flexibility index (Phi) is 3.72. The molecule has 98 valence electrons. The summed E-state index contributed by atoms with van der Waals surface area (Å²) in [6.45, 7) is 0.431. The molecule has 0 spiro atoms. The molecule has 5 nitrogen and oxygen atoms in total. The van der Waals surface area contributed by atoms with Crippen molar-refractivity contribution in [3.63, 3.8) is 0 Å². The van der Waals surface area contributed by atoms with Crippen LogP contribution in [-0.4, -0.2) is 30.7 Å². The standard InChI is InChI=1S/C13H18N2O3/c1-18-11-4-2-3-9(12(11)16)13(17)15-7-10(14)8-5-6-8/h2-4,8,10,16H,5-7,14H2,1H3,(H,15,17). The Hall–Kier alpha value is -1.75. The Bertz CT molecular complexity index is 444. The van der Waals surface area contributed by atoms with Crippen molar-refractivity contribution in [2.45, 2.75) is 18.9 Å². The van der Waals surface area contributed by atoms with E-state index in [-0.39, 0.29) is 29.0 Å². The van der Waals surface area contributed by atoms with Gasteiger partial charge >= 0.3 is 0 Å². The van der Waals surface area contributed by atoms with E-state index in [4.69, 9.17) is 10.5 Å². The van der Waals surface area contributed by atoms with Crippen molar-refractivity contribution in [2.75, 3.05) is 13.7 Å². The van der Waals surface area contributed by atoms with Crippen molar-refractivity contribution in [3.8, 4) is 11.5 Å². The third-order valence-electron chi connectivity index (χ3n) is 3.19. The number of methoxy groups -OCH3 is 1. The zero-order valence-corrected chi connectivity index (χ0v) is 10.3. The third-order valence-corrected chi connectivity index (χ3v) is 3.19. The van der Waals surface area contributed by atoms with E-state index < -0.39 is 0 Å². The number of carbonyl (C=O) groups is 1. The highest BCUT2D eigenvalue weighted by Gasteiger charge is 2.28. The Morgan fingerprint density at radius 3 is 2.94 bits per heavy atom. The number of carbonyl (C=O) groups excluding carboxylic acids is 1. The lowest BCUT2D eigenvalue weighted by molar-refractivity contribution is 0.0947. The van der Waals surface area contributed by atoms with Crippen molar-refractivity contribution in [1.82, 2.24) is 5.32 Å². The van der Waals surface area contributed by atoms with Gasteiger partial charge in [-0.1, -0.05) is 6.07 Å². The fraction of sp³-hybridized carbons (Fsp3) is 0.462. The van der Waals surface area contributed by atoms with Gasteiger partial charge in [0, 0.05) is 12.6 Å². The maximum absolute atomic E-state index is 11.9. The average Bonchev–Trinajstić information content (AvgIpc) is 3.20. The predicted octanol–water partition coefficient (Wildman–Crippen LogP) is 0.868. The Morgan fingerprint density at radius 2 is 2.33 bits per heavy atom. The molecule has 0 heterocycles. The van der Waals surface area contributed by atoms with Crippen LogP contribution in [-0.2, 0) is 0 Å². The van der Waals surface area contributed by atoms with Gasteiger partial charge in [0.2, 0.25) is 0 Å². The van der Waals surface area contributed by atoms with Crippen molar-refractivity contribution in [3.05, 3.63) is 23.8 Å². The number of benzene rings is 1. The monoisotopic (exact) mass is 250 g/mol. The Labute approximate surface area is 106 Å². The zero-order valence-electron chi connectivity index (χ0n) is 10.3. The van der Waals surface area contributed by atoms with E-state index in [1.807, 2.05) is 0 Å². The lowest BCUT2D eigenvalue weighted by atomic mass is 10.1. The summed E-state index contributed by atoms with van der Waals surface area (Å²) >= 11 is 0. The minimum Gasteiger partial charge on any atom is -0.504 e. The maximum Gasteiger partial charge on any atom is 0.255 e. The molecule has 0 radical (unpaired) electrons. The second-order valence-corrected chi connectivity index (χ2v) is 4.57. The summed E-state index contributed by atoms with van der Waals surface area (Å²) in [4.78, 5) is 11.9. The highest BCUT2D eigenvalue weighted by Crippen LogP contribution is 2.31. The summed E-state index contributed by atoms with van der Waals surface area (Å²) in [7, 11) is 1.44. The molecule has 0 aliphatic heterocycles. The van der Waals surface area contributed by atoms with Gasteiger partial charge in [-0.2, -0.15) is 0 Å². The molecule has 1 aromatic rings. The van der Waals surface area contributed by atoms with E-state index in [1.54, 1.807) is 18.2 Å². The number of nitrogens with two attached hydrogens (primary N) is 1. The summed E-state index contributed by atoms with van der Waals surface area (Å²) in [6, 6.07) is 4.81. The van der Waals surface area contributed by atoms with E-state index >= 15 is 0 Å². The quantitative estimate of drug-likeness (QED) is 0.724. The van der Waals surface area contributed by atoms with Crippen molar-refractivity contribution in [2.24, 2.45) is 11.7 Å². The number of rotatable bonds is 5. The van der Waals surface area contributed by atoms with Gasteiger partial charge in [0.25, 0.3) is 5.91 Å². The topological polar surface area (TPSA) is 84.6 Å². The van der Waals surface area contributed by atoms with Gasteiger partial charge in [-0.05, 0) is 30.9 Å². The second-order valence-electron chi connectivity index (χ2n) is 4.57. The first-order chi connectivity index (χ1) is 8.63. The van der Waals surface area contributed by atoms with E-state index in [1.165, 1.54) is 7.11 Å². The molecule has 1 amide bonds. The fourth-order valence-corrected chi connectivity index (χ4v) is 1.87. The highest BCUT2D eigenvalue weighted by atomic mass is 16.5. The molecule has 18 heavy (non-hydrogen) atoms. The smallest absolute Gasteiger partial charge is 0.255 e. The summed E-state index contributed by atoms with van der Waals surface area (Å²) in [6.07, 6.45) is 2.28. The van der Waals surface area contributed by atoms with Gasteiger partial charge in [0.1, 0.15) is 0 Å². The molecule has 1 aliphatic rings. The summed E-state index contributed by atoms with van der Waals surface area (Å²) < 4.78 is 4.95. The maximum atomic E-state index is 11.9. The molecule has 4 N–H and O–H groups in total.